The highest BCUT2D eigenvalue weighted by Crippen LogP contribution is 2.40. The molecule has 0 amide bonds. The summed E-state index contributed by atoms with van der Waals surface area (Å²) in [5, 5.41) is 0. The van der Waals surface area contributed by atoms with Gasteiger partial charge >= 0.3 is 0 Å². The molecule has 0 N–H and O–H groups in total. The van der Waals surface area contributed by atoms with Crippen LogP contribution in [0.15, 0.2) is 65.5 Å². The first-order valence-corrected chi connectivity index (χ1v) is 11.1. The van der Waals surface area contributed by atoms with Gasteiger partial charge in [0, 0.05) is 37.1 Å². The highest BCUT2D eigenvalue weighted by Gasteiger charge is 2.33. The van der Waals surface area contributed by atoms with E-state index in [9.17, 15) is 4.79 Å². The molecule has 1 aliphatic heterocycles. The molecule has 2 unspecified atom stereocenters. The summed E-state index contributed by atoms with van der Waals surface area (Å²) in [4.78, 5) is 21.6. The monoisotopic (exact) mass is 510 g/mol. The minimum atomic E-state index is -0.743. The predicted molar refractivity (Wildman–Crippen MR) is 127 cm³/mol. The summed E-state index contributed by atoms with van der Waals surface area (Å²) < 4.78 is 23.1. The van der Waals surface area contributed by atoms with Crippen molar-refractivity contribution in [3.05, 3.63) is 76.7 Å². The van der Waals surface area contributed by atoms with Gasteiger partial charge < -0.3 is 18.9 Å². The summed E-state index contributed by atoms with van der Waals surface area (Å²) in [6.07, 6.45) is 5.92. The second-order valence-corrected chi connectivity index (χ2v) is 8.13. The third-order valence-corrected chi connectivity index (χ3v) is 6.18. The zero-order valence-corrected chi connectivity index (χ0v) is 20.0. The summed E-state index contributed by atoms with van der Waals surface area (Å²) in [5.74, 6) is 1.68. The first-order valence-electron chi connectivity index (χ1n) is 10.3. The summed E-state index contributed by atoms with van der Waals surface area (Å²) in [6, 6.07) is 11.2. The fraction of sp³-hybridized carbons (Fsp3) is 0.240. The SMILES string of the molecule is COc1cc(C2=CCC(C(=O)C(OC)c3ccc(-c4cnccn4)cc3)O2)cc(OC)c1Br. The van der Waals surface area contributed by atoms with Gasteiger partial charge in [0.1, 0.15) is 27.8 Å². The summed E-state index contributed by atoms with van der Waals surface area (Å²) in [7, 11) is 4.68. The van der Waals surface area contributed by atoms with Gasteiger partial charge in [-0.1, -0.05) is 24.3 Å². The van der Waals surface area contributed by atoms with Gasteiger partial charge in [0.05, 0.1) is 26.1 Å². The number of ketones is 1. The van der Waals surface area contributed by atoms with Crippen molar-refractivity contribution < 1.29 is 23.7 Å². The number of aromatic nitrogens is 2. The lowest BCUT2D eigenvalue weighted by molar-refractivity contribution is -0.136. The van der Waals surface area contributed by atoms with Crippen molar-refractivity contribution in [3.8, 4) is 22.8 Å². The summed E-state index contributed by atoms with van der Waals surface area (Å²) >= 11 is 3.47. The molecule has 0 saturated carbocycles. The molecule has 2 aromatic carbocycles. The van der Waals surface area contributed by atoms with E-state index in [-0.39, 0.29) is 5.78 Å². The molecule has 4 rings (SSSR count). The number of nitrogens with zero attached hydrogens (tertiary/aromatic N) is 2. The van der Waals surface area contributed by atoms with Gasteiger partial charge in [0.2, 0.25) is 5.78 Å². The fourth-order valence-corrected chi connectivity index (χ4v) is 4.25. The molecule has 0 fully saturated rings. The van der Waals surface area contributed by atoms with E-state index in [0.29, 0.717) is 28.2 Å². The maximum absolute atomic E-state index is 13.2. The lowest BCUT2D eigenvalue weighted by atomic mass is 9.99. The highest BCUT2D eigenvalue weighted by atomic mass is 79.9. The van der Waals surface area contributed by atoms with Gasteiger partial charge in [-0.15, -0.1) is 0 Å². The van der Waals surface area contributed by atoms with Crippen LogP contribution < -0.4 is 9.47 Å². The van der Waals surface area contributed by atoms with E-state index in [0.717, 1.165) is 22.4 Å². The van der Waals surface area contributed by atoms with Crippen molar-refractivity contribution in [2.45, 2.75) is 18.6 Å². The molecule has 2 atom stereocenters. The van der Waals surface area contributed by atoms with Crippen molar-refractivity contribution in [3.63, 3.8) is 0 Å². The number of carbonyl (C=O) groups excluding carboxylic acids is 1. The van der Waals surface area contributed by atoms with E-state index < -0.39 is 12.2 Å². The molecule has 0 spiro atoms. The Bertz CT molecular complexity index is 1140. The number of methoxy groups -OCH3 is 3. The lowest BCUT2D eigenvalue weighted by Gasteiger charge is -2.20. The van der Waals surface area contributed by atoms with Crippen LogP contribution in [-0.2, 0) is 14.3 Å². The first-order chi connectivity index (χ1) is 16.0. The number of ether oxygens (including phenoxy) is 4. The van der Waals surface area contributed by atoms with Crippen molar-refractivity contribution in [2.24, 2.45) is 0 Å². The van der Waals surface area contributed by atoms with E-state index in [2.05, 4.69) is 25.9 Å². The second-order valence-electron chi connectivity index (χ2n) is 7.34. The Morgan fingerprint density at radius 3 is 2.33 bits per heavy atom. The predicted octanol–water partition coefficient (Wildman–Crippen LogP) is 5.01. The van der Waals surface area contributed by atoms with Crippen LogP contribution in [-0.4, -0.2) is 43.2 Å². The van der Waals surface area contributed by atoms with Crippen LogP contribution in [0, 0.1) is 0 Å². The van der Waals surface area contributed by atoms with Crippen LogP contribution in [0.3, 0.4) is 0 Å². The molecule has 7 nitrogen and oxygen atoms in total. The van der Waals surface area contributed by atoms with E-state index in [1.807, 2.05) is 42.5 Å². The van der Waals surface area contributed by atoms with Crippen LogP contribution >= 0.6 is 15.9 Å². The van der Waals surface area contributed by atoms with Gasteiger partial charge in [-0.25, -0.2) is 0 Å². The van der Waals surface area contributed by atoms with Crippen LogP contribution in [0.25, 0.3) is 17.0 Å². The molecule has 2 heterocycles. The highest BCUT2D eigenvalue weighted by molar-refractivity contribution is 9.10. The smallest absolute Gasteiger partial charge is 0.206 e. The number of Topliss-reactive ketones (excluding diaryl/α,β-unsaturated/α-hetero) is 1. The van der Waals surface area contributed by atoms with Crippen LogP contribution in [0.1, 0.15) is 23.7 Å². The average molecular weight is 511 g/mol. The largest absolute Gasteiger partial charge is 0.495 e. The minimum absolute atomic E-state index is 0.146. The number of carbonyl (C=O) groups is 1. The fourth-order valence-electron chi connectivity index (χ4n) is 3.70. The first kappa shape index (κ1) is 22.9. The molecular formula is C25H23BrN2O5. The quantitative estimate of drug-likeness (QED) is 0.421. The zero-order chi connectivity index (χ0) is 23.4. The van der Waals surface area contributed by atoms with Crippen molar-refractivity contribution >= 4 is 27.5 Å². The number of benzene rings is 2. The molecular weight excluding hydrogens is 488 g/mol. The Balaban J connectivity index is 1.50. The Morgan fingerprint density at radius 2 is 1.76 bits per heavy atom. The molecule has 33 heavy (non-hydrogen) atoms. The third-order valence-electron chi connectivity index (χ3n) is 5.40. The van der Waals surface area contributed by atoms with Crippen LogP contribution in [0.5, 0.6) is 11.5 Å². The Kier molecular flexibility index (Phi) is 7.05. The topological polar surface area (TPSA) is 79.8 Å². The zero-order valence-electron chi connectivity index (χ0n) is 18.4. The van der Waals surface area contributed by atoms with E-state index in [1.165, 1.54) is 7.11 Å². The number of rotatable bonds is 8. The standard InChI is InChI=1S/C25H23BrN2O5/c1-30-21-12-17(13-22(31-2)23(21)26)19-8-9-20(33-19)24(29)25(32-3)16-6-4-15(5-7-16)18-14-27-10-11-28-18/h4-8,10-14,20,25H,9H2,1-3H3. The van der Waals surface area contributed by atoms with Crippen LogP contribution in [0.4, 0.5) is 0 Å². The Hall–Kier alpha value is -3.23. The molecule has 170 valence electrons. The van der Waals surface area contributed by atoms with Crippen LogP contribution in [0.2, 0.25) is 0 Å². The van der Waals surface area contributed by atoms with E-state index in [4.69, 9.17) is 18.9 Å². The number of hydrogen-bond acceptors (Lipinski definition) is 7. The van der Waals surface area contributed by atoms with Gasteiger partial charge in [-0.3, -0.25) is 14.8 Å². The van der Waals surface area contributed by atoms with Crippen molar-refractivity contribution in [1.82, 2.24) is 9.97 Å². The minimum Gasteiger partial charge on any atom is -0.495 e. The molecule has 1 aromatic heterocycles. The summed E-state index contributed by atoms with van der Waals surface area (Å²) in [6.45, 7) is 0. The molecule has 0 bridgehead atoms. The Morgan fingerprint density at radius 1 is 1.06 bits per heavy atom. The third kappa shape index (κ3) is 4.77. The molecule has 0 saturated heterocycles. The van der Waals surface area contributed by atoms with Gasteiger partial charge in [-0.2, -0.15) is 0 Å². The van der Waals surface area contributed by atoms with Gasteiger partial charge in [0.15, 0.2) is 6.10 Å². The van der Waals surface area contributed by atoms with Crippen molar-refractivity contribution in [1.29, 1.82) is 0 Å². The molecule has 3 aromatic rings. The molecule has 0 radical (unpaired) electrons. The normalized spacial score (nSPS) is 16.0. The van der Waals surface area contributed by atoms with Crippen molar-refractivity contribution in [2.75, 3.05) is 21.3 Å². The number of halogens is 1. The average Bonchev–Trinajstić information content (AvgIpc) is 3.36. The molecule has 0 aliphatic carbocycles. The maximum atomic E-state index is 13.2. The summed E-state index contributed by atoms with van der Waals surface area (Å²) in [5.41, 5.74) is 3.19. The van der Waals surface area contributed by atoms with E-state index in [1.54, 1.807) is 32.8 Å². The number of hydrogen-bond donors (Lipinski definition) is 0. The second kappa shape index (κ2) is 10.1. The van der Waals surface area contributed by atoms with E-state index >= 15 is 0 Å². The molecule has 1 aliphatic rings. The van der Waals surface area contributed by atoms with Gasteiger partial charge in [0.25, 0.3) is 0 Å². The lowest BCUT2D eigenvalue weighted by Crippen LogP contribution is -2.27. The molecule has 8 heteroatoms. The Labute approximate surface area is 200 Å². The van der Waals surface area contributed by atoms with Gasteiger partial charge in [-0.05, 0) is 39.7 Å². The maximum Gasteiger partial charge on any atom is 0.206 e.